The molecule has 2 N–H and O–H groups in total. The molecular formula is C34H34F3N5O4S. The van der Waals surface area contributed by atoms with Crippen molar-refractivity contribution in [3.63, 3.8) is 0 Å². The highest BCUT2D eigenvalue weighted by atomic mass is 32.2. The molecule has 13 heteroatoms. The van der Waals surface area contributed by atoms with Crippen molar-refractivity contribution < 1.29 is 31.2 Å². The first-order valence-electron chi connectivity index (χ1n) is 14.9. The van der Waals surface area contributed by atoms with Crippen molar-refractivity contribution in [2.75, 3.05) is 48.3 Å². The second kappa shape index (κ2) is 14.3. The van der Waals surface area contributed by atoms with Gasteiger partial charge in [-0.1, -0.05) is 54.1 Å². The molecule has 1 heterocycles. The topological polar surface area (TPSA) is 102 Å². The molecule has 0 bridgehead atoms. The summed E-state index contributed by atoms with van der Waals surface area (Å²) in [5, 5.41) is 5.32. The predicted molar refractivity (Wildman–Crippen MR) is 175 cm³/mol. The fraction of sp³-hybridized carbons (Fsp3) is 0.235. The molecular weight excluding hydrogens is 631 g/mol. The van der Waals surface area contributed by atoms with Crippen LogP contribution in [0.25, 0.3) is 0 Å². The molecule has 5 rings (SSSR count). The number of anilines is 3. The Hall–Kier alpha value is -4.88. The van der Waals surface area contributed by atoms with Crippen molar-refractivity contribution in [3.8, 4) is 0 Å². The molecule has 1 aliphatic rings. The first-order valence-corrected chi connectivity index (χ1v) is 16.3. The molecule has 0 aromatic heterocycles. The monoisotopic (exact) mass is 665 g/mol. The zero-order valence-corrected chi connectivity index (χ0v) is 26.4. The number of carbonyl (C=O) groups is 2. The maximum atomic E-state index is 13.5. The van der Waals surface area contributed by atoms with Crippen molar-refractivity contribution in [1.29, 1.82) is 0 Å². The second-order valence-corrected chi connectivity index (χ2v) is 13.1. The third-order valence-corrected chi connectivity index (χ3v) is 9.51. The van der Waals surface area contributed by atoms with Crippen LogP contribution in [0, 0.1) is 6.92 Å². The first kappa shape index (κ1) is 33.5. The number of nitrogens with one attached hydrogen (secondary N) is 2. The van der Waals surface area contributed by atoms with Crippen LogP contribution in [0.1, 0.15) is 16.7 Å². The van der Waals surface area contributed by atoms with E-state index < -0.39 is 40.2 Å². The Morgan fingerprint density at radius 3 is 2.09 bits per heavy atom. The van der Waals surface area contributed by atoms with Gasteiger partial charge in [0.25, 0.3) is 0 Å². The van der Waals surface area contributed by atoms with Crippen molar-refractivity contribution in [2.45, 2.75) is 24.5 Å². The quantitative estimate of drug-likeness (QED) is 0.222. The van der Waals surface area contributed by atoms with Crippen molar-refractivity contribution in [1.82, 2.24) is 9.21 Å². The van der Waals surface area contributed by atoms with Crippen LogP contribution >= 0.6 is 0 Å². The Kier molecular flexibility index (Phi) is 10.2. The zero-order valence-electron chi connectivity index (χ0n) is 25.6. The smallest absolute Gasteiger partial charge is 0.368 e. The molecule has 4 aromatic rings. The lowest BCUT2D eigenvalue weighted by atomic mass is 10.2. The predicted octanol–water partition coefficient (Wildman–Crippen LogP) is 6.20. The van der Waals surface area contributed by atoms with Gasteiger partial charge in [-0.05, 0) is 67.1 Å². The average Bonchev–Trinajstić information content (AvgIpc) is 3.05. The maximum Gasteiger partial charge on any atom is 0.416 e. The average molecular weight is 666 g/mol. The number of nitrogens with zero attached hydrogens (tertiary/aromatic N) is 3. The Morgan fingerprint density at radius 1 is 0.787 bits per heavy atom. The summed E-state index contributed by atoms with van der Waals surface area (Å²) in [6.45, 7) is 3.19. The molecule has 1 saturated heterocycles. The van der Waals surface area contributed by atoms with Gasteiger partial charge in [-0.25, -0.2) is 13.2 Å². The third-order valence-electron chi connectivity index (χ3n) is 7.70. The number of sulfonamides is 1. The van der Waals surface area contributed by atoms with Gasteiger partial charge in [-0.2, -0.15) is 17.5 Å². The molecule has 0 spiro atoms. The van der Waals surface area contributed by atoms with E-state index >= 15 is 0 Å². The summed E-state index contributed by atoms with van der Waals surface area (Å²) in [5.74, 6) is -0.496. The third kappa shape index (κ3) is 8.69. The SMILES string of the molecule is Cc1ccc(S(=O)(=O)N(CC(=O)Nc2ccc(N3CCN(C(=O)Nc4cccc(C(F)(F)F)c4)CC3)cc2)Cc2ccccc2)cc1. The van der Waals surface area contributed by atoms with E-state index in [4.69, 9.17) is 0 Å². The molecule has 0 unspecified atom stereocenters. The molecule has 9 nitrogen and oxygen atoms in total. The number of halogens is 3. The highest BCUT2D eigenvalue weighted by Crippen LogP contribution is 2.31. The number of alkyl halides is 3. The van der Waals surface area contributed by atoms with Crippen molar-refractivity contribution in [3.05, 3.63) is 120 Å². The van der Waals surface area contributed by atoms with Crippen LogP contribution in [0.5, 0.6) is 0 Å². The molecule has 4 aromatic carbocycles. The fourth-order valence-electron chi connectivity index (χ4n) is 5.13. The lowest BCUT2D eigenvalue weighted by Gasteiger charge is -2.36. The van der Waals surface area contributed by atoms with E-state index in [0.717, 1.165) is 33.3 Å². The fourth-order valence-corrected chi connectivity index (χ4v) is 6.52. The second-order valence-electron chi connectivity index (χ2n) is 11.1. The largest absolute Gasteiger partial charge is 0.416 e. The van der Waals surface area contributed by atoms with E-state index in [0.29, 0.717) is 31.9 Å². The summed E-state index contributed by atoms with van der Waals surface area (Å²) in [5.41, 5.74) is 2.24. The van der Waals surface area contributed by atoms with Gasteiger partial charge >= 0.3 is 12.2 Å². The molecule has 47 heavy (non-hydrogen) atoms. The summed E-state index contributed by atoms with van der Waals surface area (Å²) in [6.07, 6.45) is -4.50. The van der Waals surface area contributed by atoms with Crippen LogP contribution in [-0.2, 0) is 27.5 Å². The van der Waals surface area contributed by atoms with Gasteiger partial charge in [0.2, 0.25) is 15.9 Å². The normalized spacial score (nSPS) is 13.8. The Labute approximate surface area is 271 Å². The van der Waals surface area contributed by atoms with E-state index in [9.17, 15) is 31.2 Å². The van der Waals surface area contributed by atoms with Gasteiger partial charge < -0.3 is 20.4 Å². The van der Waals surface area contributed by atoms with Gasteiger partial charge in [-0.15, -0.1) is 0 Å². The summed E-state index contributed by atoms with van der Waals surface area (Å²) in [6, 6.07) is 26.6. The standard InChI is InChI=1S/C34H34F3N5O4S/c1-25-10-16-31(17-11-25)47(45,46)42(23-26-6-3-2-4-7-26)24-32(43)38-28-12-14-30(15-13-28)40-18-20-41(21-19-40)33(44)39-29-9-5-8-27(22-29)34(35,36)37/h2-17,22H,18-21,23-24H2,1H3,(H,38,43)(H,39,44). The summed E-state index contributed by atoms with van der Waals surface area (Å²) < 4.78 is 67.3. The summed E-state index contributed by atoms with van der Waals surface area (Å²) in [7, 11) is -3.97. The number of hydrogen-bond donors (Lipinski definition) is 2. The lowest BCUT2D eigenvalue weighted by Crippen LogP contribution is -2.50. The number of carbonyl (C=O) groups excluding carboxylic acids is 2. The zero-order chi connectivity index (χ0) is 33.6. The van der Waals surface area contributed by atoms with Gasteiger partial charge in [0, 0.05) is 49.8 Å². The van der Waals surface area contributed by atoms with Crippen LogP contribution in [-0.4, -0.2) is 62.3 Å². The van der Waals surface area contributed by atoms with Gasteiger partial charge in [-0.3, -0.25) is 4.79 Å². The maximum absolute atomic E-state index is 13.5. The van der Waals surface area contributed by atoms with Crippen LogP contribution in [0.15, 0.2) is 108 Å². The Morgan fingerprint density at radius 2 is 1.45 bits per heavy atom. The number of aryl methyl sites for hydroxylation is 1. The minimum atomic E-state index is -4.50. The minimum absolute atomic E-state index is 0.0212. The van der Waals surface area contributed by atoms with Crippen LogP contribution < -0.4 is 15.5 Å². The van der Waals surface area contributed by atoms with E-state index in [2.05, 4.69) is 15.5 Å². The molecule has 3 amide bonds. The number of amides is 3. The molecule has 0 atom stereocenters. The lowest BCUT2D eigenvalue weighted by molar-refractivity contribution is -0.137. The molecule has 1 fully saturated rings. The first-order chi connectivity index (χ1) is 22.4. The van der Waals surface area contributed by atoms with E-state index in [1.807, 2.05) is 37.3 Å². The van der Waals surface area contributed by atoms with Gasteiger partial charge in [0.05, 0.1) is 17.0 Å². The number of rotatable bonds is 9. The number of hydrogen-bond acceptors (Lipinski definition) is 5. The van der Waals surface area contributed by atoms with Gasteiger partial charge in [0.15, 0.2) is 0 Å². The summed E-state index contributed by atoms with van der Waals surface area (Å²) >= 11 is 0. The number of urea groups is 1. The highest BCUT2D eigenvalue weighted by molar-refractivity contribution is 7.89. The number of piperazine rings is 1. The molecule has 0 radical (unpaired) electrons. The minimum Gasteiger partial charge on any atom is -0.368 e. The van der Waals surface area contributed by atoms with Crippen molar-refractivity contribution >= 4 is 39.0 Å². The molecule has 1 aliphatic heterocycles. The van der Waals surface area contributed by atoms with Gasteiger partial charge in [0.1, 0.15) is 0 Å². The highest BCUT2D eigenvalue weighted by Gasteiger charge is 2.31. The Bertz CT molecular complexity index is 1790. The Balaban J connectivity index is 1.17. The molecule has 0 saturated carbocycles. The molecule has 246 valence electrons. The van der Waals surface area contributed by atoms with E-state index in [1.165, 1.54) is 29.2 Å². The van der Waals surface area contributed by atoms with E-state index in [1.54, 1.807) is 36.4 Å². The van der Waals surface area contributed by atoms with Crippen LogP contribution in [0.3, 0.4) is 0 Å². The molecule has 0 aliphatic carbocycles. The number of benzene rings is 4. The van der Waals surface area contributed by atoms with Crippen molar-refractivity contribution in [2.24, 2.45) is 0 Å². The van der Waals surface area contributed by atoms with Crippen LogP contribution in [0.4, 0.5) is 35.0 Å². The van der Waals surface area contributed by atoms with Crippen LogP contribution in [0.2, 0.25) is 0 Å². The summed E-state index contributed by atoms with van der Waals surface area (Å²) in [4.78, 5) is 29.5. The van der Waals surface area contributed by atoms with E-state index in [-0.39, 0.29) is 17.1 Å².